The molecule has 1 fully saturated rings. The number of quaternary nitrogens is 1. The number of rotatable bonds is 6. The normalized spacial score (nSPS) is 16.4. The molecule has 1 saturated heterocycles. The van der Waals surface area contributed by atoms with Gasteiger partial charge in [0.1, 0.15) is 17.5 Å². The number of aromatic hydroxyl groups is 1. The molecule has 0 saturated carbocycles. The predicted octanol–water partition coefficient (Wildman–Crippen LogP) is 2.89. The van der Waals surface area contributed by atoms with E-state index in [0.717, 1.165) is 18.8 Å². The van der Waals surface area contributed by atoms with Gasteiger partial charge in [-0.3, -0.25) is 4.99 Å². The van der Waals surface area contributed by atoms with E-state index in [0.29, 0.717) is 17.1 Å². The summed E-state index contributed by atoms with van der Waals surface area (Å²) in [5, 5.41) is 10.5. The van der Waals surface area contributed by atoms with E-state index < -0.39 is 0 Å². The first-order valence-electron chi connectivity index (χ1n) is 8.65. The Morgan fingerprint density at radius 2 is 2.00 bits per heavy atom. The Morgan fingerprint density at radius 1 is 1.24 bits per heavy atom. The molecule has 132 valence electrons. The van der Waals surface area contributed by atoms with Crippen LogP contribution in [0.1, 0.15) is 30.0 Å². The zero-order valence-electron chi connectivity index (χ0n) is 14.4. The van der Waals surface area contributed by atoms with E-state index in [-0.39, 0.29) is 11.8 Å². The number of nitrogens with one attached hydrogen (secondary N) is 1. The zero-order chi connectivity index (χ0) is 17.6. The summed E-state index contributed by atoms with van der Waals surface area (Å²) in [4.78, 5) is 6.16. The molecule has 2 aromatic carbocycles. The highest BCUT2D eigenvalue weighted by atomic mass is 35.5. The van der Waals surface area contributed by atoms with Gasteiger partial charge < -0.3 is 14.7 Å². The van der Waals surface area contributed by atoms with Crippen molar-refractivity contribution in [2.75, 3.05) is 26.7 Å². The molecule has 1 aliphatic rings. The second kappa shape index (κ2) is 8.37. The van der Waals surface area contributed by atoms with Gasteiger partial charge in [-0.1, -0.05) is 23.7 Å². The maximum absolute atomic E-state index is 9.94. The van der Waals surface area contributed by atoms with Crippen LogP contribution >= 0.6 is 11.6 Å². The van der Waals surface area contributed by atoms with Crippen molar-refractivity contribution in [1.29, 1.82) is 0 Å². The van der Waals surface area contributed by atoms with Crippen LogP contribution in [-0.2, 0) is 0 Å². The second-order valence-electron chi connectivity index (χ2n) is 6.36. The molecule has 25 heavy (non-hydrogen) atoms. The van der Waals surface area contributed by atoms with E-state index in [1.54, 1.807) is 31.5 Å². The highest BCUT2D eigenvalue weighted by Crippen LogP contribution is 2.24. The number of ether oxygens (including phenoxy) is 1. The standard InChI is InChI=1S/C20H23ClN2O2/c1-25-20-7-3-2-6-17(20)18(23-10-4-5-11-23)14-22-13-15-12-16(21)8-9-19(15)24/h2-3,6-9,12-13,18,24H,4-5,10-11,14H2,1H3/p+1/t18-/m1/s1. The van der Waals surface area contributed by atoms with Crippen molar-refractivity contribution >= 4 is 17.8 Å². The summed E-state index contributed by atoms with van der Waals surface area (Å²) in [5.74, 6) is 1.10. The maximum atomic E-state index is 9.94. The summed E-state index contributed by atoms with van der Waals surface area (Å²) in [5.41, 5.74) is 1.83. The molecule has 4 nitrogen and oxygen atoms in total. The van der Waals surface area contributed by atoms with Crippen molar-refractivity contribution in [2.24, 2.45) is 4.99 Å². The molecule has 1 heterocycles. The summed E-state index contributed by atoms with van der Waals surface area (Å²) in [7, 11) is 1.71. The lowest BCUT2D eigenvalue weighted by Gasteiger charge is -2.25. The smallest absolute Gasteiger partial charge is 0.136 e. The molecule has 0 aromatic heterocycles. The van der Waals surface area contributed by atoms with Gasteiger partial charge in [-0.25, -0.2) is 0 Å². The summed E-state index contributed by atoms with van der Waals surface area (Å²) >= 11 is 6.00. The van der Waals surface area contributed by atoms with Gasteiger partial charge in [-0.05, 0) is 30.3 Å². The van der Waals surface area contributed by atoms with Crippen LogP contribution in [0.2, 0.25) is 5.02 Å². The van der Waals surface area contributed by atoms with Crippen molar-refractivity contribution in [3.8, 4) is 11.5 Å². The molecule has 0 amide bonds. The lowest BCUT2D eigenvalue weighted by atomic mass is 10.0. The highest BCUT2D eigenvalue weighted by molar-refractivity contribution is 6.30. The molecule has 1 aliphatic heterocycles. The number of methoxy groups -OCH3 is 1. The Bertz CT molecular complexity index is 742. The number of benzene rings is 2. The number of hydrogen-bond acceptors (Lipinski definition) is 3. The first-order valence-corrected chi connectivity index (χ1v) is 9.02. The molecular formula is C20H24ClN2O2+. The molecule has 0 unspecified atom stereocenters. The van der Waals surface area contributed by atoms with Crippen molar-refractivity contribution in [2.45, 2.75) is 18.9 Å². The third-order valence-electron chi connectivity index (χ3n) is 4.76. The van der Waals surface area contributed by atoms with Gasteiger partial charge in [-0.2, -0.15) is 0 Å². The van der Waals surface area contributed by atoms with Gasteiger partial charge in [0.05, 0.1) is 32.3 Å². The summed E-state index contributed by atoms with van der Waals surface area (Å²) in [6.07, 6.45) is 4.21. The Morgan fingerprint density at radius 3 is 2.76 bits per heavy atom. The van der Waals surface area contributed by atoms with Crippen molar-refractivity contribution in [3.63, 3.8) is 0 Å². The van der Waals surface area contributed by atoms with Crippen molar-refractivity contribution in [1.82, 2.24) is 0 Å². The third-order valence-corrected chi connectivity index (χ3v) is 5.00. The molecular weight excluding hydrogens is 336 g/mol. The lowest BCUT2D eigenvalue weighted by Crippen LogP contribution is -3.10. The first kappa shape index (κ1) is 17.8. The highest BCUT2D eigenvalue weighted by Gasteiger charge is 2.29. The fourth-order valence-corrected chi connectivity index (χ4v) is 3.65. The number of phenolic OH excluding ortho intramolecular Hbond substituents is 1. The molecule has 0 radical (unpaired) electrons. The molecule has 0 spiro atoms. The van der Waals surface area contributed by atoms with E-state index in [9.17, 15) is 5.11 Å². The van der Waals surface area contributed by atoms with Gasteiger partial charge >= 0.3 is 0 Å². The van der Waals surface area contributed by atoms with Crippen molar-refractivity contribution < 1.29 is 14.7 Å². The second-order valence-corrected chi connectivity index (χ2v) is 6.79. The zero-order valence-corrected chi connectivity index (χ0v) is 15.2. The summed E-state index contributed by atoms with van der Waals surface area (Å²) in [6.45, 7) is 2.95. The Labute approximate surface area is 153 Å². The Balaban J connectivity index is 1.83. The van der Waals surface area contributed by atoms with Gasteiger partial charge in [0.25, 0.3) is 0 Å². The van der Waals surface area contributed by atoms with Gasteiger partial charge in [0, 0.05) is 29.6 Å². The largest absolute Gasteiger partial charge is 0.507 e. The molecule has 2 N–H and O–H groups in total. The van der Waals surface area contributed by atoms with E-state index in [2.05, 4.69) is 11.1 Å². The van der Waals surface area contributed by atoms with Crippen LogP contribution < -0.4 is 9.64 Å². The molecule has 2 aromatic rings. The number of nitrogens with zero attached hydrogens (tertiary/aromatic N) is 1. The molecule has 5 heteroatoms. The maximum Gasteiger partial charge on any atom is 0.136 e. The number of likely N-dealkylation sites (tertiary alicyclic amines) is 1. The number of aliphatic imine (C=N–C) groups is 1. The molecule has 0 bridgehead atoms. The van der Waals surface area contributed by atoms with Crippen LogP contribution in [0.15, 0.2) is 47.5 Å². The number of halogens is 1. The Hall–Kier alpha value is -2.04. The minimum absolute atomic E-state index is 0.190. The van der Waals surface area contributed by atoms with E-state index in [4.69, 9.17) is 16.3 Å². The SMILES string of the molecule is COc1ccccc1[C@@H](CN=Cc1cc(Cl)ccc1O)[NH+]1CCCC1. The molecule has 1 atom stereocenters. The average Bonchev–Trinajstić information content (AvgIpc) is 3.16. The summed E-state index contributed by atoms with van der Waals surface area (Å²) in [6, 6.07) is 13.4. The van der Waals surface area contributed by atoms with Crippen LogP contribution in [0.5, 0.6) is 11.5 Å². The van der Waals surface area contributed by atoms with E-state index in [1.807, 2.05) is 18.2 Å². The van der Waals surface area contributed by atoms with E-state index >= 15 is 0 Å². The fraction of sp³-hybridized carbons (Fsp3) is 0.350. The molecule has 0 aliphatic carbocycles. The van der Waals surface area contributed by atoms with Crippen LogP contribution in [0.25, 0.3) is 0 Å². The third kappa shape index (κ3) is 4.33. The van der Waals surface area contributed by atoms with Crippen LogP contribution in [-0.4, -0.2) is 38.1 Å². The summed E-state index contributed by atoms with van der Waals surface area (Å²) < 4.78 is 5.56. The average molecular weight is 360 g/mol. The lowest BCUT2D eigenvalue weighted by molar-refractivity contribution is -0.918. The van der Waals surface area contributed by atoms with Crippen molar-refractivity contribution in [3.05, 3.63) is 58.6 Å². The Kier molecular flexibility index (Phi) is 5.95. The van der Waals surface area contributed by atoms with Gasteiger partial charge in [0.15, 0.2) is 0 Å². The van der Waals surface area contributed by atoms with Crippen LogP contribution in [0.4, 0.5) is 0 Å². The number of phenols is 1. The fourth-order valence-electron chi connectivity index (χ4n) is 3.46. The number of para-hydroxylation sites is 1. The predicted molar refractivity (Wildman–Crippen MR) is 101 cm³/mol. The van der Waals surface area contributed by atoms with Crippen LogP contribution in [0.3, 0.4) is 0 Å². The van der Waals surface area contributed by atoms with E-state index in [1.165, 1.54) is 23.3 Å². The van der Waals surface area contributed by atoms with Crippen LogP contribution in [0, 0.1) is 0 Å². The minimum Gasteiger partial charge on any atom is -0.507 e. The van der Waals surface area contributed by atoms with Gasteiger partial charge in [0.2, 0.25) is 0 Å². The quantitative estimate of drug-likeness (QED) is 0.779. The number of hydrogen-bond donors (Lipinski definition) is 2. The monoisotopic (exact) mass is 359 g/mol. The first-order chi connectivity index (χ1) is 12.2. The van der Waals surface area contributed by atoms with Gasteiger partial charge in [-0.15, -0.1) is 0 Å². The minimum atomic E-state index is 0.190. The molecule has 3 rings (SSSR count). The topological polar surface area (TPSA) is 46.3 Å².